The molecule has 0 atom stereocenters. The molecule has 0 saturated heterocycles. The molecule has 0 saturated carbocycles. The highest BCUT2D eigenvalue weighted by Crippen LogP contribution is 2.20. The number of para-hydroxylation sites is 2. The number of carbonyl (C=O) groups excluding carboxylic acids is 1. The average molecular weight is 365 g/mol. The molecular weight excluding hydrogens is 353 g/mol. The van der Waals surface area contributed by atoms with Crippen molar-refractivity contribution in [3.63, 3.8) is 0 Å². The van der Waals surface area contributed by atoms with Gasteiger partial charge in [-0.2, -0.15) is 0 Å². The molecule has 0 bridgehead atoms. The van der Waals surface area contributed by atoms with Crippen LogP contribution in [-0.2, 0) is 4.79 Å². The van der Waals surface area contributed by atoms with Crippen LogP contribution in [0.15, 0.2) is 54.6 Å². The van der Waals surface area contributed by atoms with E-state index in [4.69, 9.17) is 10.5 Å². The predicted octanol–water partition coefficient (Wildman–Crippen LogP) is 3.49. The van der Waals surface area contributed by atoms with Crippen molar-refractivity contribution < 1.29 is 9.53 Å². The number of ether oxygens (including phenoxy) is 1. The molecule has 0 spiro atoms. The highest BCUT2D eigenvalue weighted by Gasteiger charge is 2.04. The van der Waals surface area contributed by atoms with Gasteiger partial charge in [0.05, 0.1) is 3.57 Å². The molecule has 0 aliphatic heterocycles. The third kappa shape index (κ3) is 3.82. The Hall–Kier alpha value is -1.82. The molecule has 0 unspecified atom stereocenters. The van der Waals surface area contributed by atoms with Gasteiger partial charge in [-0.1, -0.05) is 30.3 Å². The molecule has 4 heteroatoms. The minimum Gasteiger partial charge on any atom is -0.422 e. The van der Waals surface area contributed by atoms with Crippen LogP contribution in [0.5, 0.6) is 5.75 Å². The van der Waals surface area contributed by atoms with Gasteiger partial charge in [0.2, 0.25) is 0 Å². The van der Waals surface area contributed by atoms with Gasteiger partial charge in [0.25, 0.3) is 0 Å². The smallest absolute Gasteiger partial charge is 0.336 e. The van der Waals surface area contributed by atoms with Crippen molar-refractivity contribution in [2.45, 2.75) is 0 Å². The standard InChI is InChI=1S/C15H12INO2/c16-12-6-2-4-8-14(12)19-15(18)10-9-11-5-1-3-7-13(11)17/h1-10H,17H2. The molecule has 2 aromatic carbocycles. The molecule has 0 aromatic heterocycles. The number of hydrogen-bond donors (Lipinski definition) is 1. The molecule has 0 heterocycles. The lowest BCUT2D eigenvalue weighted by molar-refractivity contribution is -0.128. The molecule has 0 aliphatic carbocycles. The van der Waals surface area contributed by atoms with E-state index in [1.54, 1.807) is 18.2 Å². The number of nitrogens with two attached hydrogens (primary N) is 1. The normalized spacial score (nSPS) is 10.6. The Morgan fingerprint density at radius 2 is 1.79 bits per heavy atom. The maximum Gasteiger partial charge on any atom is 0.336 e. The molecule has 0 amide bonds. The molecule has 0 fully saturated rings. The van der Waals surface area contributed by atoms with E-state index >= 15 is 0 Å². The summed E-state index contributed by atoms with van der Waals surface area (Å²) in [5, 5.41) is 0. The summed E-state index contributed by atoms with van der Waals surface area (Å²) in [4.78, 5) is 11.7. The minimum absolute atomic E-state index is 0.424. The first-order chi connectivity index (χ1) is 9.16. The number of halogens is 1. The first-order valence-electron chi connectivity index (χ1n) is 5.66. The van der Waals surface area contributed by atoms with Crippen LogP contribution in [0.3, 0.4) is 0 Å². The van der Waals surface area contributed by atoms with Crippen LogP contribution in [-0.4, -0.2) is 5.97 Å². The summed E-state index contributed by atoms with van der Waals surface area (Å²) in [6, 6.07) is 14.7. The summed E-state index contributed by atoms with van der Waals surface area (Å²) in [6.07, 6.45) is 3.02. The van der Waals surface area contributed by atoms with Crippen LogP contribution in [0.25, 0.3) is 6.08 Å². The van der Waals surface area contributed by atoms with Crippen molar-refractivity contribution in [3.8, 4) is 5.75 Å². The van der Waals surface area contributed by atoms with Crippen molar-refractivity contribution in [2.24, 2.45) is 0 Å². The second kappa shape index (κ2) is 6.38. The summed E-state index contributed by atoms with van der Waals surface area (Å²) in [6.45, 7) is 0. The Bertz CT molecular complexity index is 623. The van der Waals surface area contributed by atoms with E-state index in [-0.39, 0.29) is 0 Å². The number of anilines is 1. The second-order valence-electron chi connectivity index (χ2n) is 3.81. The van der Waals surface area contributed by atoms with Crippen molar-refractivity contribution in [1.82, 2.24) is 0 Å². The van der Waals surface area contributed by atoms with Gasteiger partial charge in [0, 0.05) is 11.8 Å². The Balaban J connectivity index is 2.06. The van der Waals surface area contributed by atoms with E-state index in [1.165, 1.54) is 6.08 Å². The summed E-state index contributed by atoms with van der Waals surface area (Å²) in [5.74, 6) is 0.131. The van der Waals surface area contributed by atoms with Crippen LogP contribution in [0.1, 0.15) is 5.56 Å². The summed E-state index contributed by atoms with van der Waals surface area (Å²) >= 11 is 2.12. The van der Waals surface area contributed by atoms with Crippen LogP contribution in [0.4, 0.5) is 5.69 Å². The first kappa shape index (κ1) is 13.6. The van der Waals surface area contributed by atoms with Crippen molar-refractivity contribution in [3.05, 3.63) is 63.7 Å². The highest BCUT2D eigenvalue weighted by molar-refractivity contribution is 14.1. The minimum atomic E-state index is -0.424. The van der Waals surface area contributed by atoms with Crippen LogP contribution < -0.4 is 10.5 Å². The SMILES string of the molecule is Nc1ccccc1C=CC(=O)Oc1ccccc1I. The zero-order valence-electron chi connectivity index (χ0n) is 10.0. The van der Waals surface area contributed by atoms with Gasteiger partial charge < -0.3 is 10.5 Å². The Morgan fingerprint density at radius 1 is 1.11 bits per heavy atom. The maximum atomic E-state index is 11.7. The quantitative estimate of drug-likeness (QED) is 0.298. The number of nitrogen functional groups attached to an aromatic ring is 1. The van der Waals surface area contributed by atoms with Crippen molar-refractivity contribution in [1.29, 1.82) is 0 Å². The van der Waals surface area contributed by atoms with Crippen LogP contribution in [0, 0.1) is 3.57 Å². The van der Waals surface area contributed by atoms with E-state index in [1.807, 2.05) is 36.4 Å². The fourth-order valence-electron chi connectivity index (χ4n) is 1.49. The Kier molecular flexibility index (Phi) is 4.57. The van der Waals surface area contributed by atoms with Crippen molar-refractivity contribution >= 4 is 40.3 Å². The highest BCUT2D eigenvalue weighted by atomic mass is 127. The number of esters is 1. The monoisotopic (exact) mass is 365 g/mol. The summed E-state index contributed by atoms with van der Waals surface area (Å²) in [7, 11) is 0. The van der Waals surface area contributed by atoms with Gasteiger partial charge in [-0.15, -0.1) is 0 Å². The molecule has 2 N–H and O–H groups in total. The van der Waals surface area contributed by atoms with Crippen LogP contribution >= 0.6 is 22.6 Å². The third-order valence-corrected chi connectivity index (χ3v) is 3.33. The van der Waals surface area contributed by atoms with Gasteiger partial charge in [-0.25, -0.2) is 4.79 Å². The zero-order valence-corrected chi connectivity index (χ0v) is 12.2. The molecule has 0 radical (unpaired) electrons. The molecule has 3 nitrogen and oxygen atoms in total. The average Bonchev–Trinajstić information content (AvgIpc) is 2.40. The largest absolute Gasteiger partial charge is 0.422 e. The fraction of sp³-hybridized carbons (Fsp3) is 0. The van der Waals surface area contributed by atoms with E-state index in [0.29, 0.717) is 11.4 Å². The lowest BCUT2D eigenvalue weighted by Crippen LogP contribution is -2.04. The fourth-order valence-corrected chi connectivity index (χ4v) is 1.99. The third-order valence-electron chi connectivity index (χ3n) is 2.44. The molecule has 2 aromatic rings. The lowest BCUT2D eigenvalue weighted by Gasteiger charge is -2.03. The number of rotatable bonds is 3. The Morgan fingerprint density at radius 3 is 2.53 bits per heavy atom. The van der Waals surface area contributed by atoms with Gasteiger partial charge in [-0.05, 0) is 52.4 Å². The van der Waals surface area contributed by atoms with Gasteiger partial charge in [-0.3, -0.25) is 0 Å². The van der Waals surface area contributed by atoms with E-state index < -0.39 is 5.97 Å². The molecule has 96 valence electrons. The number of carbonyl (C=O) groups is 1. The molecule has 2 rings (SSSR count). The maximum absolute atomic E-state index is 11.7. The Labute approximate surface area is 125 Å². The van der Waals surface area contributed by atoms with Crippen molar-refractivity contribution in [2.75, 3.05) is 5.73 Å². The number of hydrogen-bond acceptors (Lipinski definition) is 3. The van der Waals surface area contributed by atoms with Gasteiger partial charge >= 0.3 is 5.97 Å². The molecular formula is C15H12INO2. The van der Waals surface area contributed by atoms with Crippen LogP contribution in [0.2, 0.25) is 0 Å². The number of benzene rings is 2. The second-order valence-corrected chi connectivity index (χ2v) is 4.98. The summed E-state index contributed by atoms with van der Waals surface area (Å²) in [5.41, 5.74) is 7.20. The summed E-state index contributed by atoms with van der Waals surface area (Å²) < 4.78 is 6.12. The topological polar surface area (TPSA) is 52.3 Å². The van der Waals surface area contributed by atoms with E-state index in [0.717, 1.165) is 9.13 Å². The lowest BCUT2D eigenvalue weighted by atomic mass is 10.2. The first-order valence-corrected chi connectivity index (χ1v) is 6.73. The van der Waals surface area contributed by atoms with Gasteiger partial charge in [0.1, 0.15) is 5.75 Å². The predicted molar refractivity (Wildman–Crippen MR) is 84.7 cm³/mol. The molecule has 19 heavy (non-hydrogen) atoms. The molecule has 0 aliphatic rings. The van der Waals surface area contributed by atoms with Gasteiger partial charge in [0.15, 0.2) is 0 Å². The zero-order chi connectivity index (χ0) is 13.7. The van der Waals surface area contributed by atoms with E-state index in [2.05, 4.69) is 22.6 Å². The van der Waals surface area contributed by atoms with E-state index in [9.17, 15) is 4.79 Å².